The quantitative estimate of drug-likeness (QED) is 0.653. The molecular formula is C14H15ClN2O3. The Balaban J connectivity index is 1.93. The van der Waals surface area contributed by atoms with Crippen LogP contribution in [0.2, 0.25) is 5.02 Å². The molecule has 2 aromatic rings. The molecule has 0 bridgehead atoms. The van der Waals surface area contributed by atoms with E-state index in [0.29, 0.717) is 6.54 Å². The lowest BCUT2D eigenvalue weighted by molar-refractivity contribution is -0.384. The van der Waals surface area contributed by atoms with Crippen molar-refractivity contribution < 1.29 is 9.34 Å². The molecule has 106 valence electrons. The molecule has 0 fully saturated rings. The van der Waals surface area contributed by atoms with Crippen LogP contribution in [-0.2, 0) is 13.0 Å². The van der Waals surface area contributed by atoms with Gasteiger partial charge in [-0.15, -0.1) is 0 Å². The SMILES string of the molecule is CC(Cc1ccco1)NCc1ccc(Cl)c([N+](=O)[O-])c1. The van der Waals surface area contributed by atoms with Gasteiger partial charge < -0.3 is 9.73 Å². The lowest BCUT2D eigenvalue weighted by Gasteiger charge is -2.12. The Labute approximate surface area is 121 Å². The van der Waals surface area contributed by atoms with Crippen molar-refractivity contribution in [3.8, 4) is 0 Å². The zero-order chi connectivity index (χ0) is 14.5. The molecule has 0 saturated heterocycles. The van der Waals surface area contributed by atoms with Gasteiger partial charge in [-0.25, -0.2) is 0 Å². The van der Waals surface area contributed by atoms with Crippen LogP contribution in [0.5, 0.6) is 0 Å². The Morgan fingerprint density at radius 1 is 1.45 bits per heavy atom. The normalized spacial score (nSPS) is 12.3. The summed E-state index contributed by atoms with van der Waals surface area (Å²) in [5.41, 5.74) is 0.761. The van der Waals surface area contributed by atoms with E-state index >= 15 is 0 Å². The van der Waals surface area contributed by atoms with Crippen molar-refractivity contribution in [2.75, 3.05) is 0 Å². The summed E-state index contributed by atoms with van der Waals surface area (Å²) in [7, 11) is 0. The Morgan fingerprint density at radius 3 is 2.90 bits per heavy atom. The van der Waals surface area contributed by atoms with Crippen LogP contribution in [0.15, 0.2) is 41.0 Å². The van der Waals surface area contributed by atoms with E-state index in [4.69, 9.17) is 16.0 Å². The lowest BCUT2D eigenvalue weighted by atomic mass is 10.1. The molecular weight excluding hydrogens is 280 g/mol. The average Bonchev–Trinajstić information content (AvgIpc) is 2.90. The molecule has 1 N–H and O–H groups in total. The van der Waals surface area contributed by atoms with E-state index in [1.54, 1.807) is 18.4 Å². The molecule has 1 atom stereocenters. The Hall–Kier alpha value is -1.85. The van der Waals surface area contributed by atoms with Crippen molar-refractivity contribution in [1.29, 1.82) is 0 Å². The van der Waals surface area contributed by atoms with Crippen LogP contribution < -0.4 is 5.32 Å². The monoisotopic (exact) mass is 294 g/mol. The number of hydrogen-bond donors (Lipinski definition) is 1. The molecule has 2 rings (SSSR count). The van der Waals surface area contributed by atoms with Gasteiger partial charge in [-0.2, -0.15) is 0 Å². The summed E-state index contributed by atoms with van der Waals surface area (Å²) >= 11 is 5.77. The zero-order valence-corrected chi connectivity index (χ0v) is 11.8. The Kier molecular flexibility index (Phi) is 4.76. The Bertz CT molecular complexity index is 584. The highest BCUT2D eigenvalue weighted by molar-refractivity contribution is 6.32. The number of nitro benzene ring substituents is 1. The third-order valence-corrected chi connectivity index (χ3v) is 3.27. The van der Waals surface area contributed by atoms with Crippen LogP contribution in [0.4, 0.5) is 5.69 Å². The van der Waals surface area contributed by atoms with Crippen LogP contribution in [0.1, 0.15) is 18.2 Å². The predicted octanol–water partition coefficient (Wildman–Crippen LogP) is 3.56. The highest BCUT2D eigenvalue weighted by Gasteiger charge is 2.13. The second kappa shape index (κ2) is 6.54. The van der Waals surface area contributed by atoms with Gasteiger partial charge in [-0.05, 0) is 30.7 Å². The number of furan rings is 1. The van der Waals surface area contributed by atoms with Crippen LogP contribution >= 0.6 is 11.6 Å². The van der Waals surface area contributed by atoms with Gasteiger partial charge in [-0.1, -0.05) is 17.7 Å². The van der Waals surface area contributed by atoms with Gasteiger partial charge >= 0.3 is 0 Å². The molecule has 0 aliphatic rings. The fourth-order valence-electron chi connectivity index (χ4n) is 1.90. The van der Waals surface area contributed by atoms with Gasteiger partial charge in [-0.3, -0.25) is 10.1 Å². The minimum atomic E-state index is -0.474. The summed E-state index contributed by atoms with van der Waals surface area (Å²) < 4.78 is 5.28. The lowest BCUT2D eigenvalue weighted by Crippen LogP contribution is -2.27. The molecule has 0 aliphatic heterocycles. The first-order chi connectivity index (χ1) is 9.56. The molecule has 1 aromatic heterocycles. The number of nitrogens with zero attached hydrogens (tertiary/aromatic N) is 1. The van der Waals surface area contributed by atoms with Crippen molar-refractivity contribution >= 4 is 17.3 Å². The minimum absolute atomic E-state index is 0.0651. The first kappa shape index (κ1) is 14.6. The van der Waals surface area contributed by atoms with Gasteiger partial charge in [0.05, 0.1) is 11.2 Å². The number of nitro groups is 1. The van der Waals surface area contributed by atoms with Gasteiger partial charge in [0.2, 0.25) is 0 Å². The van der Waals surface area contributed by atoms with Crippen molar-refractivity contribution in [3.05, 3.63) is 63.1 Å². The van der Waals surface area contributed by atoms with Crippen molar-refractivity contribution in [2.45, 2.75) is 25.9 Å². The highest BCUT2D eigenvalue weighted by Crippen LogP contribution is 2.25. The molecule has 0 saturated carbocycles. The fraction of sp³-hybridized carbons (Fsp3) is 0.286. The maximum Gasteiger partial charge on any atom is 0.288 e. The largest absolute Gasteiger partial charge is 0.469 e. The van der Waals surface area contributed by atoms with Crippen molar-refractivity contribution in [3.63, 3.8) is 0 Å². The fourth-order valence-corrected chi connectivity index (χ4v) is 2.09. The first-order valence-corrected chi connectivity index (χ1v) is 6.62. The smallest absolute Gasteiger partial charge is 0.288 e. The second-order valence-corrected chi connectivity index (χ2v) is 5.02. The molecule has 6 heteroatoms. The van der Waals surface area contributed by atoms with Gasteiger partial charge in [0.1, 0.15) is 10.8 Å². The van der Waals surface area contributed by atoms with E-state index in [2.05, 4.69) is 5.32 Å². The maximum atomic E-state index is 10.8. The van der Waals surface area contributed by atoms with E-state index in [1.165, 1.54) is 6.07 Å². The molecule has 0 amide bonds. The van der Waals surface area contributed by atoms with Gasteiger partial charge in [0.25, 0.3) is 5.69 Å². The molecule has 0 spiro atoms. The van der Waals surface area contributed by atoms with E-state index < -0.39 is 4.92 Å². The number of hydrogen-bond acceptors (Lipinski definition) is 4. The Morgan fingerprint density at radius 2 is 2.25 bits per heavy atom. The first-order valence-electron chi connectivity index (χ1n) is 6.25. The predicted molar refractivity (Wildman–Crippen MR) is 76.8 cm³/mol. The molecule has 1 heterocycles. The van der Waals surface area contributed by atoms with Crippen LogP contribution in [0.3, 0.4) is 0 Å². The van der Waals surface area contributed by atoms with Crippen molar-refractivity contribution in [2.24, 2.45) is 0 Å². The summed E-state index contributed by atoms with van der Waals surface area (Å²) in [4.78, 5) is 10.3. The molecule has 0 aliphatic carbocycles. The van der Waals surface area contributed by atoms with E-state index in [0.717, 1.165) is 17.7 Å². The van der Waals surface area contributed by atoms with Crippen LogP contribution in [0, 0.1) is 10.1 Å². The number of rotatable bonds is 6. The maximum absolute atomic E-state index is 10.8. The summed E-state index contributed by atoms with van der Waals surface area (Å²) in [6.45, 7) is 2.58. The molecule has 20 heavy (non-hydrogen) atoms. The topological polar surface area (TPSA) is 68.3 Å². The van der Waals surface area contributed by atoms with Crippen molar-refractivity contribution in [1.82, 2.24) is 5.32 Å². The zero-order valence-electron chi connectivity index (χ0n) is 11.0. The molecule has 1 aromatic carbocycles. The summed E-state index contributed by atoms with van der Waals surface area (Å²) in [6.07, 6.45) is 2.41. The molecule has 0 radical (unpaired) electrons. The van der Waals surface area contributed by atoms with Crippen LogP contribution in [0.25, 0.3) is 0 Å². The standard InChI is InChI=1S/C14H15ClN2O3/c1-10(7-12-3-2-6-20-12)16-9-11-4-5-13(15)14(8-11)17(18)19/h2-6,8,10,16H,7,9H2,1H3. The third-order valence-electron chi connectivity index (χ3n) is 2.95. The molecule has 1 unspecified atom stereocenters. The van der Waals surface area contributed by atoms with Gasteiger partial charge in [0.15, 0.2) is 0 Å². The summed E-state index contributed by atoms with van der Waals surface area (Å²) in [5.74, 6) is 0.909. The molecule has 5 nitrogen and oxygen atoms in total. The average molecular weight is 295 g/mol. The number of nitrogens with one attached hydrogen (secondary N) is 1. The number of benzene rings is 1. The second-order valence-electron chi connectivity index (χ2n) is 4.61. The summed E-state index contributed by atoms with van der Waals surface area (Å²) in [6, 6.07) is 8.80. The highest BCUT2D eigenvalue weighted by atomic mass is 35.5. The minimum Gasteiger partial charge on any atom is -0.469 e. The van der Waals surface area contributed by atoms with Crippen LogP contribution in [-0.4, -0.2) is 11.0 Å². The van der Waals surface area contributed by atoms with E-state index in [9.17, 15) is 10.1 Å². The van der Waals surface area contributed by atoms with E-state index in [-0.39, 0.29) is 16.8 Å². The van der Waals surface area contributed by atoms with E-state index in [1.807, 2.05) is 19.1 Å². The summed E-state index contributed by atoms with van der Waals surface area (Å²) in [5, 5.41) is 14.3. The third kappa shape index (κ3) is 3.82. The number of halogens is 1. The van der Waals surface area contributed by atoms with Gasteiger partial charge in [0, 0.05) is 25.1 Å².